The molecule has 0 aliphatic rings. The molecule has 1 rings (SSSR count). The van der Waals surface area contributed by atoms with E-state index in [1.54, 1.807) is 19.1 Å². The summed E-state index contributed by atoms with van der Waals surface area (Å²) in [6.07, 6.45) is 1.40. The molecule has 0 saturated carbocycles. The molecule has 1 unspecified atom stereocenters. The number of amides is 1. The number of nitriles is 1. The SMILES string of the molecule is COC(=O)/C(=C\c1ccc(C#N)cc1OCC(C)[NH-])NC(C)=O.[V].[W]. The first kappa shape index (κ1) is 25.7. The minimum Gasteiger partial charge on any atom is -0.672 e. The third kappa shape index (κ3) is 8.90. The first-order valence-electron chi connectivity index (χ1n) is 6.83. The fourth-order valence-electron chi connectivity index (χ4n) is 1.66. The monoisotopic (exact) mass is 551 g/mol. The number of carbonyl (C=O) groups is 2. The van der Waals surface area contributed by atoms with E-state index in [1.165, 1.54) is 26.2 Å². The topological polar surface area (TPSA) is 112 Å². The molecule has 0 aliphatic carbocycles. The summed E-state index contributed by atoms with van der Waals surface area (Å²) in [6.45, 7) is 3.07. The summed E-state index contributed by atoms with van der Waals surface area (Å²) < 4.78 is 10.1. The molecule has 0 fully saturated rings. The zero-order chi connectivity index (χ0) is 17.4. The Balaban J connectivity index is 0. The summed E-state index contributed by atoms with van der Waals surface area (Å²) in [5.74, 6) is -0.781. The molecular weight excluding hydrogens is 533 g/mol. The van der Waals surface area contributed by atoms with Gasteiger partial charge < -0.3 is 20.5 Å². The summed E-state index contributed by atoms with van der Waals surface area (Å²) in [7, 11) is 1.20. The second-order valence-electron chi connectivity index (χ2n) is 4.81. The first-order valence-corrected chi connectivity index (χ1v) is 6.83. The van der Waals surface area contributed by atoms with E-state index >= 15 is 0 Å². The summed E-state index contributed by atoms with van der Waals surface area (Å²) in [5.41, 5.74) is 8.31. The number of hydrogen-bond acceptors (Lipinski definition) is 5. The molecule has 0 aliphatic heterocycles. The number of hydrogen-bond donors (Lipinski definition) is 1. The van der Waals surface area contributed by atoms with Gasteiger partial charge in [0, 0.05) is 52.1 Å². The summed E-state index contributed by atoms with van der Waals surface area (Å²) in [5, 5.41) is 11.4. The molecular formula is C16H18N3O4VW-. The molecule has 0 heterocycles. The fourth-order valence-corrected chi connectivity index (χ4v) is 1.66. The van der Waals surface area contributed by atoms with Crippen LogP contribution in [0.4, 0.5) is 0 Å². The van der Waals surface area contributed by atoms with Gasteiger partial charge in [0.25, 0.3) is 0 Å². The quantitative estimate of drug-likeness (QED) is 0.430. The van der Waals surface area contributed by atoms with E-state index in [0.29, 0.717) is 16.9 Å². The van der Waals surface area contributed by atoms with Crippen molar-refractivity contribution in [1.82, 2.24) is 5.32 Å². The van der Waals surface area contributed by atoms with Crippen LogP contribution in [0.25, 0.3) is 11.8 Å². The van der Waals surface area contributed by atoms with Crippen molar-refractivity contribution in [3.8, 4) is 11.8 Å². The van der Waals surface area contributed by atoms with Crippen molar-refractivity contribution >= 4 is 18.0 Å². The third-order valence-corrected chi connectivity index (χ3v) is 2.65. The van der Waals surface area contributed by atoms with E-state index in [2.05, 4.69) is 10.1 Å². The third-order valence-electron chi connectivity index (χ3n) is 2.65. The molecule has 2 N–H and O–H groups in total. The molecule has 7 nitrogen and oxygen atoms in total. The van der Waals surface area contributed by atoms with Crippen molar-refractivity contribution in [3.63, 3.8) is 0 Å². The van der Waals surface area contributed by atoms with Crippen LogP contribution < -0.4 is 10.1 Å². The maximum absolute atomic E-state index is 11.7. The van der Waals surface area contributed by atoms with Crippen LogP contribution >= 0.6 is 0 Å². The molecule has 0 bridgehead atoms. The van der Waals surface area contributed by atoms with Crippen LogP contribution in [-0.4, -0.2) is 31.6 Å². The van der Waals surface area contributed by atoms with Gasteiger partial charge in [-0.2, -0.15) is 5.26 Å². The molecule has 9 heteroatoms. The number of ether oxygens (including phenoxy) is 2. The number of esters is 1. The van der Waals surface area contributed by atoms with Gasteiger partial charge in [0.15, 0.2) is 0 Å². The zero-order valence-electron chi connectivity index (χ0n) is 14.0. The number of nitrogens with zero attached hydrogens (tertiary/aromatic N) is 1. The first-order chi connectivity index (χ1) is 10.9. The van der Waals surface area contributed by atoms with E-state index < -0.39 is 17.9 Å². The number of carbonyl (C=O) groups excluding carboxylic acids is 2. The molecule has 0 aromatic heterocycles. The number of nitrogens with one attached hydrogen (secondary N) is 2. The average molecular weight is 551 g/mol. The molecule has 133 valence electrons. The Morgan fingerprint density at radius 1 is 1.44 bits per heavy atom. The fraction of sp³-hybridized carbons (Fsp3) is 0.312. The van der Waals surface area contributed by atoms with E-state index in [1.807, 2.05) is 6.07 Å². The van der Waals surface area contributed by atoms with Gasteiger partial charge in [-0.3, -0.25) is 4.79 Å². The molecule has 1 aromatic carbocycles. The standard InChI is InChI=1S/C16H18N3O4.V.W/c1-10(18)9-23-15-6-12(8-17)4-5-13(15)7-14(16(21)22-3)19-11(2)20;;/h4-7,10,18H,9H2,1-3H3,(H,19,20);;/q-1;;/b14-7+;;. The molecule has 1 radical (unpaired) electrons. The Morgan fingerprint density at radius 3 is 2.56 bits per heavy atom. The van der Waals surface area contributed by atoms with Crippen molar-refractivity contribution in [2.75, 3.05) is 13.7 Å². The van der Waals surface area contributed by atoms with E-state index in [0.717, 1.165) is 0 Å². The van der Waals surface area contributed by atoms with E-state index in [-0.39, 0.29) is 51.9 Å². The van der Waals surface area contributed by atoms with Crippen LogP contribution in [-0.2, 0) is 53.9 Å². The van der Waals surface area contributed by atoms with Gasteiger partial charge in [-0.15, -0.1) is 6.04 Å². The van der Waals surface area contributed by atoms with Gasteiger partial charge in [-0.1, -0.05) is 6.92 Å². The van der Waals surface area contributed by atoms with Crippen molar-refractivity contribution < 1.29 is 58.7 Å². The normalized spacial score (nSPS) is 11.1. The summed E-state index contributed by atoms with van der Waals surface area (Å²) in [4.78, 5) is 22.9. The molecule has 1 atom stereocenters. The zero-order valence-corrected chi connectivity index (χ0v) is 18.4. The van der Waals surface area contributed by atoms with Gasteiger partial charge in [0.1, 0.15) is 11.4 Å². The second kappa shape index (κ2) is 12.7. The number of rotatable bonds is 6. The Morgan fingerprint density at radius 2 is 2.08 bits per heavy atom. The largest absolute Gasteiger partial charge is 0.672 e. The maximum Gasteiger partial charge on any atom is 0.354 e. The van der Waals surface area contributed by atoms with Gasteiger partial charge in [0.05, 0.1) is 25.3 Å². The van der Waals surface area contributed by atoms with Crippen molar-refractivity contribution in [2.24, 2.45) is 0 Å². The van der Waals surface area contributed by atoms with Crippen LogP contribution in [0.2, 0.25) is 0 Å². The van der Waals surface area contributed by atoms with Crippen LogP contribution in [0.1, 0.15) is 25.0 Å². The van der Waals surface area contributed by atoms with E-state index in [4.69, 9.17) is 15.7 Å². The Bertz CT molecular complexity index is 672. The van der Waals surface area contributed by atoms with E-state index in [9.17, 15) is 9.59 Å². The summed E-state index contributed by atoms with van der Waals surface area (Å²) >= 11 is 0. The number of benzene rings is 1. The molecule has 25 heavy (non-hydrogen) atoms. The molecule has 1 aromatic rings. The minimum absolute atomic E-state index is 0. The second-order valence-corrected chi connectivity index (χ2v) is 4.81. The van der Waals surface area contributed by atoms with Crippen molar-refractivity contribution in [2.45, 2.75) is 19.9 Å². The van der Waals surface area contributed by atoms with Crippen LogP contribution in [0.3, 0.4) is 0 Å². The van der Waals surface area contributed by atoms with Crippen molar-refractivity contribution in [1.29, 1.82) is 5.26 Å². The van der Waals surface area contributed by atoms with Gasteiger partial charge >= 0.3 is 5.97 Å². The van der Waals surface area contributed by atoms with Gasteiger partial charge in [-0.25, -0.2) is 4.79 Å². The predicted octanol–water partition coefficient (Wildman–Crippen LogP) is 2.02. The average Bonchev–Trinajstić information content (AvgIpc) is 2.51. The Kier molecular flexibility index (Phi) is 13.1. The Hall–Kier alpha value is -1.58. The smallest absolute Gasteiger partial charge is 0.354 e. The predicted molar refractivity (Wildman–Crippen MR) is 84.2 cm³/mol. The minimum atomic E-state index is -0.704. The maximum atomic E-state index is 11.7. The summed E-state index contributed by atoms with van der Waals surface area (Å²) in [6, 6.07) is 6.20. The van der Waals surface area contributed by atoms with Gasteiger partial charge in [-0.05, 0) is 24.3 Å². The number of methoxy groups -OCH3 is 1. The van der Waals surface area contributed by atoms with Crippen LogP contribution in [0.15, 0.2) is 23.9 Å². The molecule has 0 spiro atoms. The van der Waals surface area contributed by atoms with Gasteiger partial charge in [0.2, 0.25) is 5.91 Å². The van der Waals surface area contributed by atoms with Crippen molar-refractivity contribution in [3.05, 3.63) is 40.8 Å². The Labute approximate surface area is 173 Å². The molecule has 1 amide bonds. The van der Waals surface area contributed by atoms with Crippen LogP contribution in [0.5, 0.6) is 5.75 Å². The van der Waals surface area contributed by atoms with Crippen LogP contribution in [0, 0.1) is 11.3 Å². The molecule has 0 saturated heterocycles.